The molecule has 2 rings (SSSR count). The first-order chi connectivity index (χ1) is 10.0. The molecule has 5 nitrogen and oxygen atoms in total. The van der Waals surface area contributed by atoms with Gasteiger partial charge in [0.25, 0.3) is 0 Å². The number of pyridine rings is 1. The van der Waals surface area contributed by atoms with Gasteiger partial charge in [0.15, 0.2) is 0 Å². The molecule has 0 amide bonds. The minimum Gasteiger partial charge on any atom is -0.506 e. The molecule has 0 unspecified atom stereocenters. The Labute approximate surface area is 150 Å². The van der Waals surface area contributed by atoms with Gasteiger partial charge >= 0.3 is 0 Å². The zero-order valence-corrected chi connectivity index (χ0v) is 15.3. The average Bonchev–Trinajstić information content (AvgIpc) is 2.48. The normalized spacial score (nSPS) is 16.1. The number of aryl methyl sites for hydroxylation is 1. The molecule has 0 radical (unpaired) electrons. The van der Waals surface area contributed by atoms with Crippen molar-refractivity contribution in [2.45, 2.75) is 32.9 Å². The highest BCUT2D eigenvalue weighted by atomic mass is 35.5. The summed E-state index contributed by atoms with van der Waals surface area (Å²) >= 11 is 0. The van der Waals surface area contributed by atoms with Crippen molar-refractivity contribution in [1.29, 1.82) is 0 Å². The Balaban J connectivity index is 0.00000242. The quantitative estimate of drug-likeness (QED) is 0.700. The van der Waals surface area contributed by atoms with Gasteiger partial charge in [-0.05, 0) is 20.3 Å². The van der Waals surface area contributed by atoms with Crippen LogP contribution in [0.25, 0.3) is 0 Å². The van der Waals surface area contributed by atoms with Crippen molar-refractivity contribution in [3.8, 4) is 5.75 Å². The SMILES string of the molecule is C=C(C)C[C@H](c1c(CO)cnc(C)c1O)N1CCNCC1.Cl.Cl. The van der Waals surface area contributed by atoms with Crippen LogP contribution in [0.5, 0.6) is 5.75 Å². The standard InChI is InChI=1S/C16H25N3O2.2ClH/c1-11(2)8-14(19-6-4-17-5-7-19)15-13(10-20)9-18-12(3)16(15)21;;/h9,14,17,20-21H,1,4-8,10H2,2-3H3;2*1H/t14-;;/m1../s1. The number of aromatic nitrogens is 1. The summed E-state index contributed by atoms with van der Waals surface area (Å²) < 4.78 is 0. The molecule has 0 saturated carbocycles. The Hall–Kier alpha value is -0.850. The molecule has 7 heteroatoms. The summed E-state index contributed by atoms with van der Waals surface area (Å²) in [5, 5.41) is 23.4. The van der Waals surface area contributed by atoms with E-state index in [4.69, 9.17) is 0 Å². The lowest BCUT2D eigenvalue weighted by molar-refractivity contribution is 0.166. The van der Waals surface area contributed by atoms with Crippen LogP contribution in [0.3, 0.4) is 0 Å². The summed E-state index contributed by atoms with van der Waals surface area (Å²) in [5.74, 6) is 0.200. The maximum absolute atomic E-state index is 10.5. The first kappa shape index (κ1) is 22.1. The molecular formula is C16H27Cl2N3O2. The molecule has 132 valence electrons. The van der Waals surface area contributed by atoms with Crippen LogP contribution in [-0.4, -0.2) is 46.3 Å². The number of aliphatic hydroxyl groups excluding tert-OH is 1. The summed E-state index contributed by atoms with van der Waals surface area (Å²) in [4.78, 5) is 6.50. The fraction of sp³-hybridized carbons (Fsp3) is 0.562. The van der Waals surface area contributed by atoms with E-state index in [-0.39, 0.29) is 43.2 Å². The second-order valence-corrected chi connectivity index (χ2v) is 5.75. The predicted octanol–water partition coefficient (Wildman–Crippen LogP) is 2.34. The molecule has 0 aromatic carbocycles. The van der Waals surface area contributed by atoms with Gasteiger partial charge in [-0.15, -0.1) is 31.4 Å². The topological polar surface area (TPSA) is 68.6 Å². The second-order valence-electron chi connectivity index (χ2n) is 5.75. The lowest BCUT2D eigenvalue weighted by Gasteiger charge is -2.36. The van der Waals surface area contributed by atoms with Crippen LogP contribution in [0, 0.1) is 6.92 Å². The van der Waals surface area contributed by atoms with E-state index in [1.165, 1.54) is 0 Å². The number of hydrogen-bond donors (Lipinski definition) is 3. The molecule has 0 spiro atoms. The number of piperazine rings is 1. The number of aromatic hydroxyl groups is 1. The highest BCUT2D eigenvalue weighted by Crippen LogP contribution is 2.37. The van der Waals surface area contributed by atoms with E-state index in [1.54, 1.807) is 13.1 Å². The Morgan fingerprint density at radius 2 is 2.00 bits per heavy atom. The van der Waals surface area contributed by atoms with Gasteiger partial charge in [0.05, 0.1) is 12.3 Å². The average molecular weight is 364 g/mol. The molecular weight excluding hydrogens is 337 g/mol. The zero-order valence-electron chi connectivity index (χ0n) is 13.7. The van der Waals surface area contributed by atoms with Crippen molar-refractivity contribution in [3.63, 3.8) is 0 Å². The summed E-state index contributed by atoms with van der Waals surface area (Å²) in [6.07, 6.45) is 2.43. The number of aliphatic hydroxyl groups is 1. The first-order valence-corrected chi connectivity index (χ1v) is 7.42. The number of nitrogens with zero attached hydrogens (tertiary/aromatic N) is 2. The molecule has 0 aliphatic carbocycles. The van der Waals surface area contributed by atoms with Crippen LogP contribution in [0.1, 0.15) is 36.2 Å². The molecule has 3 N–H and O–H groups in total. The van der Waals surface area contributed by atoms with E-state index in [0.29, 0.717) is 11.3 Å². The molecule has 1 aromatic rings. The highest BCUT2D eigenvalue weighted by Gasteiger charge is 2.27. The van der Waals surface area contributed by atoms with Gasteiger partial charge in [0, 0.05) is 49.5 Å². The van der Waals surface area contributed by atoms with Gasteiger partial charge in [-0.3, -0.25) is 9.88 Å². The van der Waals surface area contributed by atoms with Gasteiger partial charge in [0.1, 0.15) is 5.75 Å². The molecule has 1 aromatic heterocycles. The zero-order chi connectivity index (χ0) is 15.4. The van der Waals surface area contributed by atoms with Gasteiger partial charge < -0.3 is 15.5 Å². The first-order valence-electron chi connectivity index (χ1n) is 7.42. The van der Waals surface area contributed by atoms with Crippen LogP contribution in [0.2, 0.25) is 0 Å². The molecule has 1 fully saturated rings. The van der Waals surface area contributed by atoms with Crippen molar-refractivity contribution in [1.82, 2.24) is 15.2 Å². The van der Waals surface area contributed by atoms with Crippen LogP contribution in [0.4, 0.5) is 0 Å². The van der Waals surface area contributed by atoms with E-state index in [9.17, 15) is 10.2 Å². The molecule has 1 saturated heterocycles. The second kappa shape index (κ2) is 10.1. The van der Waals surface area contributed by atoms with Gasteiger partial charge in [-0.2, -0.15) is 0 Å². The molecule has 23 heavy (non-hydrogen) atoms. The maximum Gasteiger partial charge on any atom is 0.141 e. The summed E-state index contributed by atoms with van der Waals surface area (Å²) in [7, 11) is 0. The van der Waals surface area contributed by atoms with E-state index in [0.717, 1.165) is 43.7 Å². The minimum atomic E-state index is -0.116. The minimum absolute atomic E-state index is 0. The van der Waals surface area contributed by atoms with Crippen molar-refractivity contribution in [2.24, 2.45) is 0 Å². The molecule has 1 aliphatic heterocycles. The van der Waals surface area contributed by atoms with E-state index < -0.39 is 0 Å². The lowest BCUT2D eigenvalue weighted by atomic mass is 9.93. The lowest BCUT2D eigenvalue weighted by Crippen LogP contribution is -2.45. The van der Waals surface area contributed by atoms with Crippen LogP contribution >= 0.6 is 24.8 Å². The molecule has 1 atom stereocenters. The summed E-state index contributed by atoms with van der Waals surface area (Å²) in [6.45, 7) is 11.4. The molecule has 1 aliphatic rings. The van der Waals surface area contributed by atoms with E-state index in [1.807, 2.05) is 6.92 Å². The fourth-order valence-corrected chi connectivity index (χ4v) is 2.89. The number of rotatable bonds is 5. The van der Waals surface area contributed by atoms with Crippen LogP contribution in [-0.2, 0) is 6.61 Å². The third-order valence-corrected chi connectivity index (χ3v) is 4.00. The van der Waals surface area contributed by atoms with Crippen molar-refractivity contribution in [3.05, 3.63) is 35.2 Å². The number of halogens is 2. The van der Waals surface area contributed by atoms with Crippen molar-refractivity contribution >= 4 is 24.8 Å². The predicted molar refractivity (Wildman–Crippen MR) is 97.7 cm³/mol. The van der Waals surface area contributed by atoms with Gasteiger partial charge in [-0.1, -0.05) is 5.57 Å². The van der Waals surface area contributed by atoms with Crippen molar-refractivity contribution in [2.75, 3.05) is 26.2 Å². The summed E-state index contributed by atoms with van der Waals surface area (Å²) in [6, 6.07) is 0.0356. The molecule has 2 heterocycles. The largest absolute Gasteiger partial charge is 0.506 e. The van der Waals surface area contributed by atoms with E-state index in [2.05, 4.69) is 21.8 Å². The maximum atomic E-state index is 10.5. The van der Waals surface area contributed by atoms with Crippen LogP contribution < -0.4 is 5.32 Å². The molecule has 0 bridgehead atoms. The number of hydrogen-bond acceptors (Lipinski definition) is 5. The Morgan fingerprint density at radius 3 is 2.52 bits per heavy atom. The monoisotopic (exact) mass is 363 g/mol. The third kappa shape index (κ3) is 5.33. The smallest absolute Gasteiger partial charge is 0.141 e. The van der Waals surface area contributed by atoms with Crippen LogP contribution in [0.15, 0.2) is 18.3 Å². The third-order valence-electron chi connectivity index (χ3n) is 4.00. The fourth-order valence-electron chi connectivity index (χ4n) is 2.89. The highest BCUT2D eigenvalue weighted by molar-refractivity contribution is 5.85. The van der Waals surface area contributed by atoms with E-state index >= 15 is 0 Å². The summed E-state index contributed by atoms with van der Waals surface area (Å²) in [5.41, 5.74) is 3.16. The van der Waals surface area contributed by atoms with Gasteiger partial charge in [0.2, 0.25) is 0 Å². The van der Waals surface area contributed by atoms with Crippen molar-refractivity contribution < 1.29 is 10.2 Å². The Morgan fingerprint density at radius 1 is 1.39 bits per heavy atom. The number of nitrogens with one attached hydrogen (secondary N) is 1. The Kier molecular flexibility index (Phi) is 9.73. The van der Waals surface area contributed by atoms with Gasteiger partial charge in [-0.25, -0.2) is 0 Å². The Bertz CT molecular complexity index is 520.